The molecule has 1 saturated heterocycles. The smallest absolute Gasteiger partial charge is 0.321 e. The Morgan fingerprint density at radius 1 is 1.07 bits per heavy atom. The molecule has 0 aliphatic carbocycles. The minimum atomic E-state index is -0.203. The molecule has 3 nitrogen and oxygen atoms in total. The summed E-state index contributed by atoms with van der Waals surface area (Å²) in [5.74, 6) is 0. The van der Waals surface area contributed by atoms with E-state index in [-0.39, 0.29) is 14.0 Å². The Labute approximate surface area is 168 Å². The van der Waals surface area contributed by atoms with Crippen LogP contribution in [0.1, 0.15) is 71.1 Å². The Hall–Kier alpha value is -1.08. The second-order valence-electron chi connectivity index (χ2n) is 10.1. The Morgan fingerprint density at radius 3 is 2.07 bits per heavy atom. The predicted molar refractivity (Wildman–Crippen MR) is 121 cm³/mol. The van der Waals surface area contributed by atoms with Gasteiger partial charge in [-0.2, -0.15) is 0 Å². The molecule has 0 unspecified atom stereocenters. The van der Waals surface area contributed by atoms with Crippen molar-refractivity contribution >= 4 is 19.6 Å². The lowest BCUT2D eigenvalue weighted by molar-refractivity contribution is 0.210. The summed E-state index contributed by atoms with van der Waals surface area (Å²) in [5, 5.41) is 3.81. The van der Waals surface area contributed by atoms with Crippen molar-refractivity contribution in [3.8, 4) is 0 Å². The van der Waals surface area contributed by atoms with Crippen molar-refractivity contribution in [3.05, 3.63) is 28.8 Å². The Kier molecular flexibility index (Phi) is 6.67. The van der Waals surface area contributed by atoms with Gasteiger partial charge in [0.2, 0.25) is 0 Å². The number of nitrogens with one attached hydrogen (secondary N) is 1. The summed E-state index contributed by atoms with van der Waals surface area (Å²) >= 11 is 0. The monoisotopic (exact) mass is 390 g/mol. The van der Waals surface area contributed by atoms with Crippen molar-refractivity contribution < 1.29 is 4.79 Å². The lowest BCUT2D eigenvalue weighted by Crippen LogP contribution is -2.42. The molecular weight excluding hydrogens is 351 g/mol. The van der Waals surface area contributed by atoms with E-state index >= 15 is 0 Å². The number of hydrogen-bond acceptors (Lipinski definition) is 1. The van der Waals surface area contributed by atoms with Crippen molar-refractivity contribution in [3.63, 3.8) is 0 Å². The summed E-state index contributed by atoms with van der Waals surface area (Å²) in [6.07, 6.45) is 3.38. The molecule has 4 heteroatoms. The van der Waals surface area contributed by atoms with E-state index in [2.05, 4.69) is 84.7 Å². The first-order valence-corrected chi connectivity index (χ1v) is 11.8. The van der Waals surface area contributed by atoms with Gasteiger partial charge in [0.25, 0.3) is 0 Å². The van der Waals surface area contributed by atoms with E-state index in [0.29, 0.717) is 16.4 Å². The molecule has 1 atom stereocenters. The Balaban J connectivity index is 2.17. The van der Waals surface area contributed by atoms with E-state index in [1.54, 1.807) is 0 Å². The van der Waals surface area contributed by atoms with Crippen molar-refractivity contribution in [2.45, 2.75) is 91.5 Å². The molecule has 1 aromatic carbocycles. The summed E-state index contributed by atoms with van der Waals surface area (Å²) in [7, 11) is -0.203. The maximum atomic E-state index is 13.1. The van der Waals surface area contributed by atoms with Gasteiger partial charge in [-0.25, -0.2) is 4.79 Å². The molecule has 1 aromatic rings. The van der Waals surface area contributed by atoms with E-state index in [1.807, 2.05) is 0 Å². The van der Waals surface area contributed by atoms with Gasteiger partial charge in [-0.1, -0.05) is 67.2 Å². The van der Waals surface area contributed by atoms with Crippen LogP contribution in [0.4, 0.5) is 10.5 Å². The quantitative estimate of drug-likeness (QED) is 0.573. The van der Waals surface area contributed by atoms with Gasteiger partial charge in [0.05, 0.1) is 0 Å². The molecule has 1 aliphatic rings. The highest BCUT2D eigenvalue weighted by molar-refractivity contribution is 7.60. The summed E-state index contributed by atoms with van der Waals surface area (Å²) in [5.41, 5.74) is 4.50. The number of hydrogen-bond donors (Lipinski definition) is 1. The van der Waals surface area contributed by atoms with Crippen LogP contribution in [0.25, 0.3) is 0 Å². The third kappa shape index (κ3) is 5.47. The molecule has 1 N–H and O–H groups in total. The predicted octanol–water partition coefficient (Wildman–Crippen LogP) is 6.69. The molecule has 2 amide bonds. The number of nitrogens with zero attached hydrogens (tertiary/aromatic N) is 1. The van der Waals surface area contributed by atoms with Crippen molar-refractivity contribution in [2.75, 3.05) is 18.0 Å². The highest BCUT2D eigenvalue weighted by Crippen LogP contribution is 2.60. The maximum absolute atomic E-state index is 13.1. The van der Waals surface area contributed by atoms with Crippen molar-refractivity contribution in [2.24, 2.45) is 0 Å². The summed E-state index contributed by atoms with van der Waals surface area (Å²) in [6, 6.07) is 4.72. The van der Waals surface area contributed by atoms with E-state index in [4.69, 9.17) is 0 Å². The van der Waals surface area contributed by atoms with Crippen LogP contribution < -0.4 is 5.32 Å². The van der Waals surface area contributed by atoms with Crippen LogP contribution in [0.2, 0.25) is 0 Å². The van der Waals surface area contributed by atoms with Gasteiger partial charge in [0, 0.05) is 18.3 Å². The van der Waals surface area contributed by atoms with E-state index < -0.39 is 0 Å². The van der Waals surface area contributed by atoms with Crippen LogP contribution >= 0.6 is 7.92 Å². The average molecular weight is 391 g/mol. The number of carbonyl (C=O) groups is 1. The molecule has 1 heterocycles. The fraction of sp³-hybridized carbons (Fsp3) is 0.696. The molecule has 0 radical (unpaired) electrons. The van der Waals surface area contributed by atoms with Crippen LogP contribution in [0.3, 0.4) is 0 Å². The molecule has 0 saturated carbocycles. The molecule has 0 bridgehead atoms. The van der Waals surface area contributed by atoms with Gasteiger partial charge in [-0.15, -0.1) is 0 Å². The number of urea groups is 1. The fourth-order valence-electron chi connectivity index (χ4n) is 4.61. The third-order valence-corrected chi connectivity index (χ3v) is 9.59. The zero-order chi connectivity index (χ0) is 20.6. The molecule has 2 rings (SSSR count). The SMILES string of the molecule is Cc1cc(C)c(NC(=O)N2CCC[C@H]2CP(C(C)(C)C)C(C)(C)C)c(C)c1. The molecule has 1 aliphatic heterocycles. The fourth-order valence-corrected chi connectivity index (χ4v) is 8.52. The lowest BCUT2D eigenvalue weighted by Gasteiger charge is -2.44. The largest absolute Gasteiger partial charge is 0.322 e. The zero-order valence-electron chi connectivity index (χ0n) is 18.9. The minimum Gasteiger partial charge on any atom is -0.321 e. The Bertz CT molecular complexity index is 648. The van der Waals surface area contributed by atoms with Gasteiger partial charge in [0.1, 0.15) is 0 Å². The van der Waals surface area contributed by atoms with Gasteiger partial charge in [-0.3, -0.25) is 0 Å². The summed E-state index contributed by atoms with van der Waals surface area (Å²) in [4.78, 5) is 15.2. The van der Waals surface area contributed by atoms with Crippen molar-refractivity contribution in [1.29, 1.82) is 0 Å². The number of amides is 2. The highest BCUT2D eigenvalue weighted by Gasteiger charge is 2.39. The number of aryl methyl sites for hydroxylation is 3. The first-order chi connectivity index (χ1) is 12.3. The number of benzene rings is 1. The molecule has 0 spiro atoms. The normalized spacial score (nSPS) is 18.3. The molecule has 152 valence electrons. The molecule has 1 fully saturated rings. The van der Waals surface area contributed by atoms with E-state index in [0.717, 1.165) is 42.4 Å². The lowest BCUT2D eigenvalue weighted by atomic mass is 10.1. The van der Waals surface area contributed by atoms with Gasteiger partial charge >= 0.3 is 6.03 Å². The minimum absolute atomic E-state index is 0.0744. The zero-order valence-corrected chi connectivity index (χ0v) is 19.8. The van der Waals surface area contributed by atoms with Gasteiger partial charge < -0.3 is 10.2 Å². The van der Waals surface area contributed by atoms with Crippen LogP contribution in [0, 0.1) is 20.8 Å². The van der Waals surface area contributed by atoms with Gasteiger partial charge in [0.15, 0.2) is 0 Å². The molecule has 27 heavy (non-hydrogen) atoms. The Morgan fingerprint density at radius 2 is 1.59 bits per heavy atom. The van der Waals surface area contributed by atoms with Crippen LogP contribution in [0.5, 0.6) is 0 Å². The molecule has 0 aromatic heterocycles. The standard InChI is InChI=1S/C23H39N2OP/c1-16-13-17(2)20(18(3)14-16)24-21(26)25-12-10-11-19(25)15-27(22(4,5)6)23(7,8)9/h13-14,19H,10-12,15H2,1-9H3,(H,24,26)/t19-/m0/s1. The first kappa shape index (κ1) is 22.2. The van der Waals surface area contributed by atoms with Crippen LogP contribution in [-0.2, 0) is 0 Å². The average Bonchev–Trinajstić information content (AvgIpc) is 2.94. The topological polar surface area (TPSA) is 32.3 Å². The maximum Gasteiger partial charge on any atom is 0.322 e. The van der Waals surface area contributed by atoms with Gasteiger partial charge in [-0.05, 0) is 61.2 Å². The van der Waals surface area contributed by atoms with E-state index in [9.17, 15) is 4.79 Å². The summed E-state index contributed by atoms with van der Waals surface area (Å²) in [6.45, 7) is 21.3. The van der Waals surface area contributed by atoms with E-state index in [1.165, 1.54) is 5.56 Å². The first-order valence-electron chi connectivity index (χ1n) is 10.2. The summed E-state index contributed by atoms with van der Waals surface area (Å²) < 4.78 is 0. The number of carbonyl (C=O) groups excluding carboxylic acids is 1. The van der Waals surface area contributed by atoms with Crippen LogP contribution in [-0.4, -0.2) is 40.0 Å². The number of rotatable bonds is 3. The highest BCUT2D eigenvalue weighted by atomic mass is 31.1. The molecular formula is C23H39N2OP. The number of likely N-dealkylation sites (tertiary alicyclic amines) is 1. The second-order valence-corrected chi connectivity index (χ2v) is 14.1. The third-order valence-electron chi connectivity index (χ3n) is 5.56. The van der Waals surface area contributed by atoms with Crippen molar-refractivity contribution in [1.82, 2.24) is 4.90 Å². The second kappa shape index (κ2) is 8.11. The number of anilines is 1. The van der Waals surface area contributed by atoms with Crippen LogP contribution in [0.15, 0.2) is 12.1 Å².